The molecule has 0 heterocycles. The highest BCUT2D eigenvalue weighted by Gasteiger charge is 2.41. The Morgan fingerprint density at radius 1 is 1.47 bits per heavy atom. The lowest BCUT2D eigenvalue weighted by molar-refractivity contribution is -0.136. The summed E-state index contributed by atoms with van der Waals surface area (Å²) in [5, 5.41) is 10.3. The predicted octanol–water partition coefficient (Wildman–Crippen LogP) is 2.99. The van der Waals surface area contributed by atoms with Gasteiger partial charge in [-0.3, -0.25) is 0 Å². The van der Waals surface area contributed by atoms with Crippen molar-refractivity contribution in [3.05, 3.63) is 0 Å². The number of ether oxygens (including phenoxy) is 1. The van der Waals surface area contributed by atoms with E-state index in [4.69, 9.17) is 4.74 Å². The average Bonchev–Trinajstić information content (AvgIpc) is 2.16. The van der Waals surface area contributed by atoms with Crippen molar-refractivity contribution < 1.29 is 9.84 Å². The van der Waals surface area contributed by atoms with Crippen LogP contribution in [0.25, 0.3) is 0 Å². The minimum atomic E-state index is -0.301. The monoisotopic (exact) mass is 214 g/mol. The van der Waals surface area contributed by atoms with Gasteiger partial charge in [0.2, 0.25) is 0 Å². The first kappa shape index (κ1) is 13.0. The Balaban J connectivity index is 2.65. The van der Waals surface area contributed by atoms with E-state index >= 15 is 0 Å². The summed E-state index contributed by atoms with van der Waals surface area (Å²) < 4.78 is 5.66. The summed E-state index contributed by atoms with van der Waals surface area (Å²) in [6.45, 7) is 6.56. The number of hydrogen-bond donors (Lipinski definition) is 1. The van der Waals surface area contributed by atoms with Crippen LogP contribution in [-0.4, -0.2) is 23.9 Å². The second kappa shape index (κ2) is 5.31. The highest BCUT2D eigenvalue weighted by Crippen LogP contribution is 2.38. The zero-order chi connectivity index (χ0) is 11.5. The molecule has 2 nitrogen and oxygen atoms in total. The Kier molecular flexibility index (Phi) is 4.60. The largest absolute Gasteiger partial charge is 0.390 e. The van der Waals surface area contributed by atoms with Crippen LogP contribution in [0.2, 0.25) is 0 Å². The number of methoxy groups -OCH3 is 1. The van der Waals surface area contributed by atoms with Gasteiger partial charge in [0, 0.05) is 7.11 Å². The van der Waals surface area contributed by atoms with Crippen LogP contribution in [0.5, 0.6) is 0 Å². The van der Waals surface area contributed by atoms with Gasteiger partial charge in [0.25, 0.3) is 0 Å². The van der Waals surface area contributed by atoms with Crippen LogP contribution in [0.1, 0.15) is 52.9 Å². The smallest absolute Gasteiger partial charge is 0.0939 e. The number of rotatable bonds is 4. The van der Waals surface area contributed by atoms with Crippen molar-refractivity contribution in [1.82, 2.24) is 0 Å². The number of hydrogen-bond acceptors (Lipinski definition) is 2. The third kappa shape index (κ3) is 3.18. The normalized spacial score (nSPS) is 34.4. The first-order valence-electron chi connectivity index (χ1n) is 6.23. The summed E-state index contributed by atoms with van der Waals surface area (Å²) in [7, 11) is 1.75. The lowest BCUT2D eigenvalue weighted by atomic mass is 9.74. The fourth-order valence-electron chi connectivity index (χ4n) is 2.83. The van der Waals surface area contributed by atoms with Crippen molar-refractivity contribution in [2.75, 3.05) is 7.11 Å². The van der Waals surface area contributed by atoms with Crippen molar-refractivity contribution >= 4 is 0 Å². The maximum atomic E-state index is 10.3. The molecule has 0 spiro atoms. The Hall–Kier alpha value is -0.0800. The maximum absolute atomic E-state index is 10.3. The molecule has 0 aromatic rings. The van der Waals surface area contributed by atoms with Crippen LogP contribution < -0.4 is 0 Å². The minimum Gasteiger partial charge on any atom is -0.390 e. The van der Waals surface area contributed by atoms with Gasteiger partial charge in [0.1, 0.15) is 0 Å². The quantitative estimate of drug-likeness (QED) is 0.779. The van der Waals surface area contributed by atoms with Gasteiger partial charge in [-0.2, -0.15) is 0 Å². The molecule has 0 saturated heterocycles. The van der Waals surface area contributed by atoms with Crippen molar-refractivity contribution in [2.45, 2.75) is 64.6 Å². The summed E-state index contributed by atoms with van der Waals surface area (Å²) in [5.41, 5.74) is -0.262. The highest BCUT2D eigenvalue weighted by molar-refractivity contribution is 4.93. The van der Waals surface area contributed by atoms with E-state index in [0.717, 1.165) is 19.3 Å². The van der Waals surface area contributed by atoms with Gasteiger partial charge in [-0.25, -0.2) is 0 Å². The lowest BCUT2D eigenvalue weighted by Crippen LogP contribution is -2.48. The molecule has 15 heavy (non-hydrogen) atoms. The first-order chi connectivity index (χ1) is 7.00. The Bertz CT molecular complexity index is 191. The Labute approximate surface area is 94.0 Å². The zero-order valence-corrected chi connectivity index (χ0v) is 10.6. The summed E-state index contributed by atoms with van der Waals surface area (Å²) in [4.78, 5) is 0. The van der Waals surface area contributed by atoms with Crippen molar-refractivity contribution in [3.8, 4) is 0 Å². The highest BCUT2D eigenvalue weighted by atomic mass is 16.5. The summed E-state index contributed by atoms with van der Waals surface area (Å²) in [6, 6.07) is 0. The van der Waals surface area contributed by atoms with Gasteiger partial charge in [0.05, 0.1) is 11.7 Å². The van der Waals surface area contributed by atoms with Crippen LogP contribution >= 0.6 is 0 Å². The van der Waals surface area contributed by atoms with Crippen molar-refractivity contribution in [1.29, 1.82) is 0 Å². The second-order valence-corrected chi connectivity index (χ2v) is 5.62. The van der Waals surface area contributed by atoms with Crippen LogP contribution in [0.15, 0.2) is 0 Å². The average molecular weight is 214 g/mol. The van der Waals surface area contributed by atoms with Gasteiger partial charge in [-0.1, -0.05) is 33.6 Å². The fraction of sp³-hybridized carbons (Fsp3) is 1.00. The Morgan fingerprint density at radius 3 is 2.60 bits per heavy atom. The molecule has 1 saturated carbocycles. The molecule has 0 radical (unpaired) electrons. The van der Waals surface area contributed by atoms with E-state index in [9.17, 15) is 5.11 Å². The molecular formula is C13H26O2. The molecule has 0 bridgehead atoms. The molecule has 90 valence electrons. The van der Waals surface area contributed by atoms with Gasteiger partial charge in [-0.15, -0.1) is 0 Å². The van der Waals surface area contributed by atoms with E-state index in [1.54, 1.807) is 7.11 Å². The summed E-state index contributed by atoms with van der Waals surface area (Å²) >= 11 is 0. The van der Waals surface area contributed by atoms with Crippen LogP contribution in [0, 0.1) is 11.8 Å². The first-order valence-corrected chi connectivity index (χ1v) is 6.23. The van der Waals surface area contributed by atoms with Crippen LogP contribution in [0.4, 0.5) is 0 Å². The van der Waals surface area contributed by atoms with Crippen LogP contribution in [0.3, 0.4) is 0 Å². The van der Waals surface area contributed by atoms with Gasteiger partial charge in [-0.05, 0) is 31.1 Å². The molecule has 1 fully saturated rings. The van der Waals surface area contributed by atoms with E-state index in [0.29, 0.717) is 11.8 Å². The lowest BCUT2D eigenvalue weighted by Gasteiger charge is -2.42. The molecule has 1 aliphatic carbocycles. The molecule has 1 aliphatic rings. The van der Waals surface area contributed by atoms with E-state index in [1.807, 2.05) is 0 Å². The second-order valence-electron chi connectivity index (χ2n) is 5.62. The topological polar surface area (TPSA) is 29.5 Å². The van der Waals surface area contributed by atoms with Gasteiger partial charge < -0.3 is 9.84 Å². The third-order valence-electron chi connectivity index (χ3n) is 3.70. The van der Waals surface area contributed by atoms with Gasteiger partial charge in [0.15, 0.2) is 0 Å². The SMILES string of the molecule is COC1(C(O)CC(C)C)CCCC(C)C1. The molecule has 0 aromatic carbocycles. The molecule has 0 amide bonds. The molecule has 3 unspecified atom stereocenters. The standard InChI is InChI=1S/C13H26O2/c1-10(2)8-12(14)13(15-4)7-5-6-11(3)9-13/h10-12,14H,5-9H2,1-4H3. The number of aliphatic hydroxyl groups is 1. The zero-order valence-electron chi connectivity index (χ0n) is 10.6. The molecular weight excluding hydrogens is 188 g/mol. The van der Waals surface area contributed by atoms with E-state index in [1.165, 1.54) is 12.8 Å². The third-order valence-corrected chi connectivity index (χ3v) is 3.70. The van der Waals surface area contributed by atoms with Crippen molar-refractivity contribution in [3.63, 3.8) is 0 Å². The van der Waals surface area contributed by atoms with Crippen LogP contribution in [-0.2, 0) is 4.74 Å². The van der Waals surface area contributed by atoms with E-state index in [-0.39, 0.29) is 11.7 Å². The maximum Gasteiger partial charge on any atom is 0.0939 e. The van der Waals surface area contributed by atoms with E-state index < -0.39 is 0 Å². The minimum absolute atomic E-state index is 0.262. The molecule has 3 atom stereocenters. The molecule has 0 aliphatic heterocycles. The fourth-order valence-corrected chi connectivity index (χ4v) is 2.83. The predicted molar refractivity (Wildman–Crippen MR) is 62.8 cm³/mol. The summed E-state index contributed by atoms with van der Waals surface area (Å²) in [5.74, 6) is 1.21. The van der Waals surface area contributed by atoms with Gasteiger partial charge >= 0.3 is 0 Å². The molecule has 0 aromatic heterocycles. The number of aliphatic hydroxyl groups excluding tert-OH is 1. The molecule has 2 heteroatoms. The van der Waals surface area contributed by atoms with E-state index in [2.05, 4.69) is 20.8 Å². The van der Waals surface area contributed by atoms with Crippen molar-refractivity contribution in [2.24, 2.45) is 11.8 Å². The molecule has 1 rings (SSSR count). The Morgan fingerprint density at radius 2 is 2.13 bits per heavy atom. The summed E-state index contributed by atoms with van der Waals surface area (Å²) in [6.07, 6.45) is 5.04. The molecule has 1 N–H and O–H groups in total.